The smallest absolute Gasteiger partial charge is 0.230 e. The molecule has 31 heavy (non-hydrogen) atoms. The van der Waals surface area contributed by atoms with Gasteiger partial charge >= 0.3 is 0 Å². The molecule has 0 bridgehead atoms. The van der Waals surface area contributed by atoms with Crippen molar-refractivity contribution in [3.05, 3.63) is 83.7 Å². The summed E-state index contributed by atoms with van der Waals surface area (Å²) in [5, 5.41) is 7.03. The van der Waals surface area contributed by atoms with E-state index in [9.17, 15) is 0 Å². The van der Waals surface area contributed by atoms with Crippen molar-refractivity contribution in [1.29, 1.82) is 0 Å². The molecule has 0 saturated heterocycles. The highest BCUT2D eigenvalue weighted by atomic mass is 16.5. The fourth-order valence-corrected chi connectivity index (χ4v) is 4.15. The third-order valence-corrected chi connectivity index (χ3v) is 5.52. The van der Waals surface area contributed by atoms with E-state index in [2.05, 4.69) is 23.2 Å². The summed E-state index contributed by atoms with van der Waals surface area (Å²) >= 11 is 0. The first-order chi connectivity index (χ1) is 15.3. The standard InChI is InChI=1S/C25H25N3O3/c1-3-29-18-13-11-17(12-14-18)21-16-22-19-8-7-10-23(30-4-2)24(19)31-25(28(22)27-21)20-9-5-6-15-26-20/h5-15,22,25H,3-4,16H2,1-2H3. The van der Waals surface area contributed by atoms with Crippen molar-refractivity contribution in [2.45, 2.75) is 32.5 Å². The SMILES string of the molecule is CCOc1ccc(C2=NN3C(C2)c2cccc(OCC)c2OC3c2ccccn2)cc1. The second kappa shape index (κ2) is 8.30. The summed E-state index contributed by atoms with van der Waals surface area (Å²) in [6.45, 7) is 5.20. The minimum Gasteiger partial charge on any atom is -0.494 e. The minimum atomic E-state index is -0.416. The van der Waals surface area contributed by atoms with Crippen molar-refractivity contribution in [2.75, 3.05) is 13.2 Å². The monoisotopic (exact) mass is 415 g/mol. The summed E-state index contributed by atoms with van der Waals surface area (Å²) in [6, 6.07) is 20.1. The average Bonchev–Trinajstić information content (AvgIpc) is 3.26. The third kappa shape index (κ3) is 3.58. The van der Waals surface area contributed by atoms with Crippen molar-refractivity contribution < 1.29 is 14.2 Å². The van der Waals surface area contributed by atoms with Crippen molar-refractivity contribution in [3.8, 4) is 17.2 Å². The van der Waals surface area contributed by atoms with Crippen LogP contribution < -0.4 is 14.2 Å². The quantitative estimate of drug-likeness (QED) is 0.559. The summed E-state index contributed by atoms with van der Waals surface area (Å²) < 4.78 is 17.9. The molecule has 3 heterocycles. The molecule has 2 aliphatic heterocycles. The van der Waals surface area contributed by atoms with Crippen LogP contribution in [0.25, 0.3) is 0 Å². The van der Waals surface area contributed by atoms with Gasteiger partial charge in [0.1, 0.15) is 11.4 Å². The van der Waals surface area contributed by atoms with Crippen molar-refractivity contribution in [2.24, 2.45) is 5.10 Å². The highest BCUT2D eigenvalue weighted by Gasteiger charge is 2.42. The van der Waals surface area contributed by atoms with Crippen LogP contribution in [0.5, 0.6) is 17.2 Å². The summed E-state index contributed by atoms with van der Waals surface area (Å²) in [4.78, 5) is 4.55. The average molecular weight is 415 g/mol. The molecule has 0 fully saturated rings. The van der Waals surface area contributed by atoms with Crippen LogP contribution in [-0.4, -0.2) is 28.9 Å². The number of benzene rings is 2. The molecule has 0 aliphatic carbocycles. The molecule has 2 aliphatic rings. The third-order valence-electron chi connectivity index (χ3n) is 5.52. The van der Waals surface area contributed by atoms with Crippen molar-refractivity contribution in [3.63, 3.8) is 0 Å². The number of rotatable bonds is 6. The van der Waals surface area contributed by atoms with Crippen molar-refractivity contribution in [1.82, 2.24) is 9.99 Å². The fourth-order valence-electron chi connectivity index (χ4n) is 4.15. The molecular weight excluding hydrogens is 390 g/mol. The van der Waals surface area contributed by atoms with Gasteiger partial charge < -0.3 is 14.2 Å². The normalized spacial score (nSPS) is 19.2. The molecule has 0 radical (unpaired) electrons. The van der Waals surface area contributed by atoms with E-state index in [1.807, 2.05) is 61.3 Å². The predicted octanol–water partition coefficient (Wildman–Crippen LogP) is 5.12. The maximum Gasteiger partial charge on any atom is 0.230 e. The highest BCUT2D eigenvalue weighted by Crippen LogP contribution is 2.50. The maximum atomic E-state index is 6.46. The largest absolute Gasteiger partial charge is 0.494 e. The number of hydrogen-bond acceptors (Lipinski definition) is 6. The van der Waals surface area contributed by atoms with Crippen molar-refractivity contribution >= 4 is 5.71 Å². The number of aromatic nitrogens is 1. The zero-order valence-corrected chi connectivity index (χ0v) is 17.7. The van der Waals surface area contributed by atoms with E-state index in [1.54, 1.807) is 6.20 Å². The number of para-hydroxylation sites is 1. The molecule has 1 aromatic heterocycles. The maximum absolute atomic E-state index is 6.46. The minimum absolute atomic E-state index is 0.0535. The van der Waals surface area contributed by atoms with E-state index >= 15 is 0 Å². The Kier molecular flexibility index (Phi) is 5.20. The lowest BCUT2D eigenvalue weighted by molar-refractivity contribution is -0.0240. The lowest BCUT2D eigenvalue weighted by Gasteiger charge is -2.38. The second-order valence-electron chi connectivity index (χ2n) is 7.44. The summed E-state index contributed by atoms with van der Waals surface area (Å²) in [7, 11) is 0. The van der Waals surface area contributed by atoms with Crippen LogP contribution in [-0.2, 0) is 0 Å². The van der Waals surface area contributed by atoms with Crippen LogP contribution in [0.4, 0.5) is 0 Å². The second-order valence-corrected chi connectivity index (χ2v) is 7.44. The Bertz CT molecular complexity index is 1080. The van der Waals surface area contributed by atoms with E-state index in [0.717, 1.165) is 46.2 Å². The molecular formula is C25H25N3O3. The van der Waals surface area contributed by atoms with Gasteiger partial charge in [-0.3, -0.25) is 4.98 Å². The molecule has 2 aromatic carbocycles. The van der Waals surface area contributed by atoms with Crippen LogP contribution in [0.1, 0.15) is 49.4 Å². The predicted molar refractivity (Wildman–Crippen MR) is 119 cm³/mol. The van der Waals surface area contributed by atoms with Gasteiger partial charge in [0, 0.05) is 18.2 Å². The molecule has 3 aromatic rings. The first-order valence-electron chi connectivity index (χ1n) is 10.7. The number of hydrazone groups is 1. The zero-order chi connectivity index (χ0) is 21.2. The Hall–Kier alpha value is -3.54. The van der Waals surface area contributed by atoms with Gasteiger partial charge in [-0.25, -0.2) is 5.01 Å². The van der Waals surface area contributed by atoms with Crippen LogP contribution in [0.15, 0.2) is 72.0 Å². The molecule has 5 rings (SSSR count). The van der Waals surface area contributed by atoms with E-state index in [0.29, 0.717) is 13.2 Å². The molecule has 0 amide bonds. The molecule has 6 heteroatoms. The molecule has 158 valence electrons. The lowest BCUT2D eigenvalue weighted by Crippen LogP contribution is -2.34. The first kappa shape index (κ1) is 19.4. The highest BCUT2D eigenvalue weighted by molar-refractivity contribution is 6.02. The van der Waals surface area contributed by atoms with Crippen LogP contribution in [0, 0.1) is 0 Å². The van der Waals surface area contributed by atoms with Gasteiger partial charge in [-0.15, -0.1) is 0 Å². The molecule has 0 spiro atoms. The molecule has 0 N–H and O–H groups in total. The van der Waals surface area contributed by atoms with Gasteiger partial charge in [0.15, 0.2) is 11.5 Å². The molecule has 0 saturated carbocycles. The van der Waals surface area contributed by atoms with Gasteiger partial charge in [-0.05, 0) is 61.9 Å². The Morgan fingerprint density at radius 1 is 0.968 bits per heavy atom. The number of ether oxygens (including phenoxy) is 3. The summed E-state index contributed by atoms with van der Waals surface area (Å²) in [5.41, 5.74) is 4.01. The Balaban J connectivity index is 1.55. The Morgan fingerprint density at radius 2 is 1.81 bits per heavy atom. The number of fused-ring (bicyclic) bond motifs is 3. The van der Waals surface area contributed by atoms with Crippen LogP contribution >= 0.6 is 0 Å². The number of nitrogens with zero attached hydrogens (tertiary/aromatic N) is 3. The Morgan fingerprint density at radius 3 is 2.55 bits per heavy atom. The van der Waals surface area contributed by atoms with Crippen LogP contribution in [0.2, 0.25) is 0 Å². The van der Waals surface area contributed by atoms with E-state index in [4.69, 9.17) is 19.3 Å². The lowest BCUT2D eigenvalue weighted by atomic mass is 9.96. The van der Waals surface area contributed by atoms with Crippen LogP contribution in [0.3, 0.4) is 0 Å². The summed E-state index contributed by atoms with van der Waals surface area (Å²) in [6.07, 6.45) is 2.15. The van der Waals surface area contributed by atoms with E-state index in [-0.39, 0.29) is 6.04 Å². The number of pyridine rings is 1. The van der Waals surface area contributed by atoms with Gasteiger partial charge in [0.25, 0.3) is 0 Å². The topological polar surface area (TPSA) is 56.2 Å². The fraction of sp³-hybridized carbons (Fsp3) is 0.280. The Labute approximate surface area is 182 Å². The summed E-state index contributed by atoms with van der Waals surface area (Å²) in [5.74, 6) is 2.41. The number of hydrogen-bond donors (Lipinski definition) is 0. The van der Waals surface area contributed by atoms with Gasteiger partial charge in [-0.2, -0.15) is 5.10 Å². The van der Waals surface area contributed by atoms with Gasteiger partial charge in [0.05, 0.1) is 25.0 Å². The van der Waals surface area contributed by atoms with Gasteiger partial charge in [-0.1, -0.05) is 18.2 Å². The zero-order valence-electron chi connectivity index (χ0n) is 17.7. The van der Waals surface area contributed by atoms with E-state index in [1.165, 1.54) is 0 Å². The van der Waals surface area contributed by atoms with E-state index < -0.39 is 6.23 Å². The molecule has 6 nitrogen and oxygen atoms in total. The van der Waals surface area contributed by atoms with Gasteiger partial charge in [0.2, 0.25) is 6.23 Å². The first-order valence-corrected chi connectivity index (χ1v) is 10.7. The molecule has 2 unspecified atom stereocenters. The molecule has 2 atom stereocenters.